The third-order valence-electron chi connectivity index (χ3n) is 4.78. The molecule has 1 saturated heterocycles. The molecule has 2 heterocycles. The van der Waals surface area contributed by atoms with Gasteiger partial charge in [-0.1, -0.05) is 24.3 Å². The Morgan fingerprint density at radius 2 is 1.63 bits per heavy atom. The molecule has 1 aliphatic rings. The summed E-state index contributed by atoms with van der Waals surface area (Å²) in [5, 5.41) is 4.12. The molecule has 5 heteroatoms. The molecular weight excluding hydrogens is 336 g/mol. The quantitative estimate of drug-likeness (QED) is 0.556. The van der Waals surface area contributed by atoms with Gasteiger partial charge < -0.3 is 9.47 Å². The van der Waals surface area contributed by atoms with E-state index in [0.717, 1.165) is 24.3 Å². The highest BCUT2D eigenvalue weighted by Crippen LogP contribution is 2.20. The minimum atomic E-state index is -0.232. The smallest absolute Gasteiger partial charge is 0.273 e. The fraction of sp³-hybridized carbons (Fsp3) is 0.182. The number of nitrogens with one attached hydrogen (secondary N) is 1. The number of aromatic nitrogens is 1. The van der Waals surface area contributed by atoms with E-state index in [2.05, 4.69) is 27.6 Å². The van der Waals surface area contributed by atoms with E-state index >= 15 is 0 Å². The second kappa shape index (κ2) is 7.91. The predicted octanol–water partition coefficient (Wildman–Crippen LogP) is 3.84. The lowest BCUT2D eigenvalue weighted by Gasteiger charge is -2.17. The Labute approximate surface area is 158 Å². The van der Waals surface area contributed by atoms with E-state index < -0.39 is 0 Å². The van der Waals surface area contributed by atoms with Crippen molar-refractivity contribution in [3.63, 3.8) is 0 Å². The fourth-order valence-corrected chi connectivity index (χ4v) is 3.36. The van der Waals surface area contributed by atoms with Crippen molar-refractivity contribution in [1.29, 1.82) is 0 Å². The van der Waals surface area contributed by atoms with Crippen LogP contribution in [0.5, 0.6) is 0 Å². The molecule has 3 aromatic rings. The maximum Gasteiger partial charge on any atom is 0.273 e. The molecule has 0 atom stereocenters. The Balaban J connectivity index is 1.42. The van der Waals surface area contributed by atoms with Crippen molar-refractivity contribution in [2.45, 2.75) is 12.8 Å². The molecule has 0 unspecified atom stereocenters. The zero-order chi connectivity index (χ0) is 18.5. The normalized spacial score (nSPS) is 14.0. The van der Waals surface area contributed by atoms with Crippen LogP contribution in [-0.4, -0.2) is 29.8 Å². The second-order valence-electron chi connectivity index (χ2n) is 6.59. The summed E-state index contributed by atoms with van der Waals surface area (Å²) in [6, 6.07) is 19.6. The molecule has 0 saturated carbocycles. The first kappa shape index (κ1) is 17.1. The van der Waals surface area contributed by atoms with Gasteiger partial charge in [0.25, 0.3) is 5.91 Å². The topological polar surface area (TPSA) is 49.6 Å². The highest BCUT2D eigenvalue weighted by molar-refractivity contribution is 5.98. The third-order valence-corrected chi connectivity index (χ3v) is 4.78. The van der Waals surface area contributed by atoms with E-state index in [9.17, 15) is 4.79 Å². The lowest BCUT2D eigenvalue weighted by atomic mass is 10.1. The average Bonchev–Trinajstić information content (AvgIpc) is 3.42. The summed E-state index contributed by atoms with van der Waals surface area (Å²) in [7, 11) is 0. The van der Waals surface area contributed by atoms with E-state index in [1.165, 1.54) is 18.5 Å². The van der Waals surface area contributed by atoms with Crippen molar-refractivity contribution >= 4 is 17.8 Å². The Morgan fingerprint density at radius 1 is 0.926 bits per heavy atom. The number of nitrogens with zero attached hydrogens (tertiary/aromatic N) is 3. The summed E-state index contributed by atoms with van der Waals surface area (Å²) in [6.07, 6.45) is 8.03. The van der Waals surface area contributed by atoms with Gasteiger partial charge in [-0.2, -0.15) is 5.10 Å². The van der Waals surface area contributed by atoms with E-state index in [1.807, 2.05) is 59.4 Å². The number of hydrogen-bond acceptors (Lipinski definition) is 3. The molecule has 2 aromatic carbocycles. The zero-order valence-electron chi connectivity index (χ0n) is 15.1. The van der Waals surface area contributed by atoms with Crippen LogP contribution >= 0.6 is 0 Å². The fourth-order valence-electron chi connectivity index (χ4n) is 3.36. The number of rotatable bonds is 5. The van der Waals surface area contributed by atoms with Gasteiger partial charge in [-0.25, -0.2) is 5.43 Å². The third kappa shape index (κ3) is 3.92. The van der Waals surface area contributed by atoms with Gasteiger partial charge in [0.1, 0.15) is 0 Å². The van der Waals surface area contributed by atoms with Gasteiger partial charge in [0.15, 0.2) is 0 Å². The van der Waals surface area contributed by atoms with Crippen LogP contribution in [0.15, 0.2) is 78.2 Å². The molecular formula is C22H22N4O. The molecule has 1 aliphatic heterocycles. The van der Waals surface area contributed by atoms with Gasteiger partial charge in [-0.15, -0.1) is 0 Å². The molecule has 1 fully saturated rings. The summed E-state index contributed by atoms with van der Waals surface area (Å²) < 4.78 is 1.91. The van der Waals surface area contributed by atoms with Crippen LogP contribution in [-0.2, 0) is 0 Å². The molecule has 136 valence electrons. The number of hydrazone groups is 1. The maximum atomic E-state index is 12.5. The van der Waals surface area contributed by atoms with Gasteiger partial charge in [0, 0.05) is 31.2 Å². The monoisotopic (exact) mass is 358 g/mol. The molecule has 4 rings (SSSR count). The molecule has 27 heavy (non-hydrogen) atoms. The first-order valence-electron chi connectivity index (χ1n) is 9.22. The number of benzene rings is 2. The first-order valence-corrected chi connectivity index (χ1v) is 9.22. The van der Waals surface area contributed by atoms with Gasteiger partial charge in [-0.3, -0.25) is 4.79 Å². The van der Waals surface area contributed by atoms with Gasteiger partial charge in [0.05, 0.1) is 17.5 Å². The van der Waals surface area contributed by atoms with Crippen molar-refractivity contribution in [3.05, 3.63) is 84.2 Å². The van der Waals surface area contributed by atoms with E-state index in [0.29, 0.717) is 5.56 Å². The Morgan fingerprint density at radius 3 is 2.37 bits per heavy atom. The predicted molar refractivity (Wildman–Crippen MR) is 109 cm³/mol. The van der Waals surface area contributed by atoms with Gasteiger partial charge in [0.2, 0.25) is 0 Å². The van der Waals surface area contributed by atoms with E-state index in [4.69, 9.17) is 0 Å². The Bertz CT molecular complexity index is 923. The van der Waals surface area contributed by atoms with Crippen LogP contribution < -0.4 is 10.3 Å². The molecule has 0 radical (unpaired) electrons. The summed E-state index contributed by atoms with van der Waals surface area (Å²) in [4.78, 5) is 14.9. The largest absolute Gasteiger partial charge is 0.372 e. The van der Waals surface area contributed by atoms with Crippen LogP contribution in [0.3, 0.4) is 0 Å². The van der Waals surface area contributed by atoms with Crippen LogP contribution in [0.2, 0.25) is 0 Å². The van der Waals surface area contributed by atoms with Crippen molar-refractivity contribution in [1.82, 2.24) is 9.99 Å². The maximum absolute atomic E-state index is 12.5. The zero-order valence-corrected chi connectivity index (χ0v) is 15.1. The minimum absolute atomic E-state index is 0.232. The Hall–Kier alpha value is -3.34. The number of anilines is 1. The average molecular weight is 358 g/mol. The molecule has 1 aromatic heterocycles. The first-order chi connectivity index (χ1) is 13.3. The number of carbonyl (C=O) groups is 1. The molecule has 1 amide bonds. The van der Waals surface area contributed by atoms with Crippen molar-refractivity contribution < 1.29 is 4.79 Å². The molecule has 5 nitrogen and oxygen atoms in total. The summed E-state index contributed by atoms with van der Waals surface area (Å²) in [5.41, 5.74) is 6.23. The van der Waals surface area contributed by atoms with Crippen LogP contribution in [0.25, 0.3) is 5.69 Å². The van der Waals surface area contributed by atoms with Crippen LogP contribution in [0, 0.1) is 0 Å². The van der Waals surface area contributed by atoms with Crippen molar-refractivity contribution in [2.24, 2.45) is 5.10 Å². The lowest BCUT2D eigenvalue weighted by molar-refractivity contribution is 0.0955. The standard InChI is InChI=1S/C22H22N4O/c27-22(20-7-1-2-8-21(20)26-15-5-6-16-26)24-23-17-18-9-11-19(12-10-18)25-13-3-4-14-25/h1-2,5-12,15-17H,3-4,13-14H2,(H,24,27). The number of amides is 1. The van der Waals surface area contributed by atoms with E-state index in [-0.39, 0.29) is 5.91 Å². The van der Waals surface area contributed by atoms with Crippen LogP contribution in [0.1, 0.15) is 28.8 Å². The van der Waals surface area contributed by atoms with Gasteiger partial charge >= 0.3 is 0 Å². The summed E-state index contributed by atoms with van der Waals surface area (Å²) in [6.45, 7) is 2.26. The highest BCUT2D eigenvalue weighted by Gasteiger charge is 2.12. The summed E-state index contributed by atoms with van der Waals surface area (Å²) >= 11 is 0. The second-order valence-corrected chi connectivity index (χ2v) is 6.59. The van der Waals surface area contributed by atoms with Crippen molar-refractivity contribution in [3.8, 4) is 5.69 Å². The molecule has 0 aliphatic carbocycles. The molecule has 0 spiro atoms. The summed E-state index contributed by atoms with van der Waals surface area (Å²) in [5.74, 6) is -0.232. The number of hydrogen-bond donors (Lipinski definition) is 1. The number of carbonyl (C=O) groups excluding carboxylic acids is 1. The van der Waals surface area contributed by atoms with Crippen molar-refractivity contribution in [2.75, 3.05) is 18.0 Å². The Kier molecular flexibility index (Phi) is 5.01. The molecule has 0 bridgehead atoms. The highest BCUT2D eigenvalue weighted by atomic mass is 16.2. The SMILES string of the molecule is O=C(NN=Cc1ccc(N2CCCC2)cc1)c1ccccc1-n1cccc1. The molecule has 1 N–H and O–H groups in total. The minimum Gasteiger partial charge on any atom is -0.372 e. The van der Waals surface area contributed by atoms with E-state index in [1.54, 1.807) is 12.3 Å². The van der Waals surface area contributed by atoms with Gasteiger partial charge in [-0.05, 0) is 54.8 Å². The van der Waals surface area contributed by atoms with Crippen LogP contribution in [0.4, 0.5) is 5.69 Å². The lowest BCUT2D eigenvalue weighted by Crippen LogP contribution is -2.19. The number of para-hydroxylation sites is 1.